The van der Waals surface area contributed by atoms with E-state index in [-0.39, 0.29) is 0 Å². The van der Waals surface area contributed by atoms with E-state index in [2.05, 4.69) is 47.0 Å². The molecule has 0 bridgehead atoms. The van der Waals surface area contributed by atoms with Crippen LogP contribution in [0.4, 0.5) is 0 Å². The van der Waals surface area contributed by atoms with Crippen LogP contribution in [0.1, 0.15) is 5.56 Å². The second kappa shape index (κ2) is 3.16. The lowest BCUT2D eigenvalue weighted by Crippen LogP contribution is -1.74. The molecule has 0 atom stereocenters. The van der Waals surface area contributed by atoms with Gasteiger partial charge in [-0.2, -0.15) is 0 Å². The highest BCUT2D eigenvalue weighted by atomic mass is 127. The number of benzene rings is 1. The molecule has 0 saturated carbocycles. The highest BCUT2D eigenvalue weighted by molar-refractivity contribution is 14.1. The van der Waals surface area contributed by atoms with E-state index in [4.69, 9.17) is 11.6 Å². The van der Waals surface area contributed by atoms with Gasteiger partial charge in [0.1, 0.15) is 0 Å². The molecule has 0 saturated heterocycles. The minimum atomic E-state index is 0.895. The predicted octanol–water partition coefficient (Wildman–Crippen LogP) is 4.47. The first-order valence-electron chi connectivity index (χ1n) is 3.52. The number of hydrogen-bond donors (Lipinski definition) is 0. The Kier molecular flexibility index (Phi) is 2.31. The van der Waals surface area contributed by atoms with E-state index in [0.717, 1.165) is 8.59 Å². The van der Waals surface area contributed by atoms with Crippen LogP contribution in [0.25, 0.3) is 10.1 Å². The molecule has 0 nitrogen and oxygen atoms in total. The molecule has 62 valence electrons. The number of fused-ring (bicyclic) bond motifs is 1. The number of thiophene rings is 1. The molecule has 3 heteroatoms. The molecule has 0 N–H and O–H groups in total. The fraction of sp³-hybridized carbons (Fsp3) is 0.111. The first-order chi connectivity index (χ1) is 5.70. The van der Waals surface area contributed by atoms with Crippen LogP contribution in [0, 0.1) is 10.5 Å². The summed E-state index contributed by atoms with van der Waals surface area (Å²) >= 11 is 10.1. The number of hydrogen-bond acceptors (Lipinski definition) is 1. The molecule has 2 aromatic rings. The SMILES string of the molecule is Cc1csc2c(Cl)c(I)ccc12. The minimum Gasteiger partial charge on any atom is -0.142 e. The van der Waals surface area contributed by atoms with Crippen LogP contribution in [-0.4, -0.2) is 0 Å². The van der Waals surface area contributed by atoms with Gasteiger partial charge in [0.05, 0.1) is 9.72 Å². The maximum Gasteiger partial charge on any atom is 0.0717 e. The molecular formula is C9H6ClIS. The molecule has 1 aromatic carbocycles. The van der Waals surface area contributed by atoms with E-state index in [9.17, 15) is 0 Å². The molecule has 0 amide bonds. The molecule has 0 aliphatic carbocycles. The van der Waals surface area contributed by atoms with Crippen LogP contribution < -0.4 is 0 Å². The first kappa shape index (κ1) is 8.78. The topological polar surface area (TPSA) is 0 Å². The van der Waals surface area contributed by atoms with E-state index >= 15 is 0 Å². The van der Waals surface area contributed by atoms with Gasteiger partial charge in [0.25, 0.3) is 0 Å². The molecule has 2 rings (SSSR count). The van der Waals surface area contributed by atoms with Crippen LogP contribution in [-0.2, 0) is 0 Å². The van der Waals surface area contributed by atoms with Gasteiger partial charge in [0.2, 0.25) is 0 Å². The molecule has 1 aromatic heterocycles. The Balaban J connectivity index is 2.93. The molecule has 12 heavy (non-hydrogen) atoms. The van der Waals surface area contributed by atoms with E-state index in [1.165, 1.54) is 15.6 Å². The summed E-state index contributed by atoms with van der Waals surface area (Å²) < 4.78 is 2.34. The second-order valence-corrected chi connectivity index (χ2v) is 5.08. The van der Waals surface area contributed by atoms with Gasteiger partial charge < -0.3 is 0 Å². The third-order valence-electron chi connectivity index (χ3n) is 1.83. The lowest BCUT2D eigenvalue weighted by Gasteiger charge is -1.96. The lowest BCUT2D eigenvalue weighted by molar-refractivity contribution is 1.59. The summed E-state index contributed by atoms with van der Waals surface area (Å²) in [5.41, 5.74) is 1.31. The van der Waals surface area contributed by atoms with Crippen molar-refractivity contribution < 1.29 is 0 Å². The maximum absolute atomic E-state index is 6.14. The predicted molar refractivity (Wildman–Crippen MR) is 64.3 cm³/mol. The summed E-state index contributed by atoms with van der Waals surface area (Å²) in [6.45, 7) is 2.11. The van der Waals surface area contributed by atoms with Crippen LogP contribution in [0.2, 0.25) is 5.02 Å². The Labute approximate surface area is 93.7 Å². The van der Waals surface area contributed by atoms with Gasteiger partial charge in [-0.3, -0.25) is 0 Å². The Bertz CT molecular complexity index is 433. The summed E-state index contributed by atoms with van der Waals surface area (Å²) in [5, 5.41) is 4.32. The lowest BCUT2D eigenvalue weighted by atomic mass is 10.2. The zero-order valence-corrected chi connectivity index (χ0v) is 10.1. The van der Waals surface area contributed by atoms with Gasteiger partial charge in [-0.05, 0) is 51.9 Å². The quantitative estimate of drug-likeness (QED) is 0.630. The zero-order chi connectivity index (χ0) is 8.72. The molecule has 0 unspecified atom stereocenters. The van der Waals surface area contributed by atoms with Gasteiger partial charge in [-0.1, -0.05) is 17.7 Å². The average molecular weight is 309 g/mol. The third-order valence-corrected chi connectivity index (χ3v) is 4.68. The maximum atomic E-state index is 6.14. The smallest absolute Gasteiger partial charge is 0.0717 e. The van der Waals surface area contributed by atoms with Crippen LogP contribution >= 0.6 is 45.5 Å². The molecular weight excluding hydrogens is 303 g/mol. The van der Waals surface area contributed by atoms with Gasteiger partial charge >= 0.3 is 0 Å². The summed E-state index contributed by atoms with van der Waals surface area (Å²) in [7, 11) is 0. The van der Waals surface area contributed by atoms with Gasteiger partial charge in [0, 0.05) is 3.57 Å². The van der Waals surface area contributed by atoms with E-state index in [0.29, 0.717) is 0 Å². The number of aryl methyl sites for hydroxylation is 1. The van der Waals surface area contributed by atoms with Crippen molar-refractivity contribution in [2.75, 3.05) is 0 Å². The first-order valence-corrected chi connectivity index (χ1v) is 5.85. The van der Waals surface area contributed by atoms with Gasteiger partial charge in [-0.25, -0.2) is 0 Å². The molecule has 1 heterocycles. The molecule has 0 radical (unpaired) electrons. The Morgan fingerprint density at radius 3 is 2.92 bits per heavy atom. The minimum absolute atomic E-state index is 0.895. The normalized spacial score (nSPS) is 10.9. The summed E-state index contributed by atoms with van der Waals surface area (Å²) in [6.07, 6.45) is 0. The van der Waals surface area contributed by atoms with Crippen molar-refractivity contribution in [3.8, 4) is 0 Å². The monoisotopic (exact) mass is 308 g/mol. The van der Waals surface area contributed by atoms with Crippen molar-refractivity contribution >= 4 is 55.6 Å². The fourth-order valence-corrected chi connectivity index (χ4v) is 3.09. The van der Waals surface area contributed by atoms with Crippen LogP contribution in [0.5, 0.6) is 0 Å². The zero-order valence-electron chi connectivity index (χ0n) is 6.40. The van der Waals surface area contributed by atoms with Crippen LogP contribution in [0.3, 0.4) is 0 Å². The largest absolute Gasteiger partial charge is 0.142 e. The fourth-order valence-electron chi connectivity index (χ4n) is 1.17. The number of halogens is 2. The summed E-state index contributed by atoms with van der Waals surface area (Å²) in [6, 6.07) is 4.19. The van der Waals surface area contributed by atoms with Crippen molar-refractivity contribution in [1.29, 1.82) is 0 Å². The van der Waals surface area contributed by atoms with E-state index in [1.807, 2.05) is 0 Å². The highest BCUT2D eigenvalue weighted by Gasteiger charge is 2.06. The Morgan fingerprint density at radius 1 is 1.42 bits per heavy atom. The number of rotatable bonds is 0. The van der Waals surface area contributed by atoms with Gasteiger partial charge in [-0.15, -0.1) is 11.3 Å². The standard InChI is InChI=1S/C9H6ClIS/c1-5-4-12-9-6(5)2-3-7(11)8(9)10/h2-4H,1H3. The van der Waals surface area contributed by atoms with Crippen LogP contribution in [0.15, 0.2) is 17.5 Å². The molecule has 0 spiro atoms. The average Bonchev–Trinajstić information content (AvgIpc) is 2.41. The molecule has 0 fully saturated rings. The Morgan fingerprint density at radius 2 is 2.17 bits per heavy atom. The van der Waals surface area contributed by atoms with E-state index in [1.54, 1.807) is 11.3 Å². The van der Waals surface area contributed by atoms with Crippen molar-refractivity contribution in [2.24, 2.45) is 0 Å². The van der Waals surface area contributed by atoms with Crippen molar-refractivity contribution in [2.45, 2.75) is 6.92 Å². The Hall–Kier alpha value is 0.200. The van der Waals surface area contributed by atoms with Crippen molar-refractivity contribution in [3.05, 3.63) is 31.7 Å². The van der Waals surface area contributed by atoms with Crippen molar-refractivity contribution in [1.82, 2.24) is 0 Å². The van der Waals surface area contributed by atoms with Crippen molar-refractivity contribution in [3.63, 3.8) is 0 Å². The highest BCUT2D eigenvalue weighted by Crippen LogP contribution is 2.34. The summed E-state index contributed by atoms with van der Waals surface area (Å²) in [4.78, 5) is 0. The summed E-state index contributed by atoms with van der Waals surface area (Å²) in [5.74, 6) is 0. The molecule has 0 aliphatic rings. The second-order valence-electron chi connectivity index (χ2n) is 2.66. The molecule has 0 aliphatic heterocycles. The third kappa shape index (κ3) is 1.26. The van der Waals surface area contributed by atoms with E-state index < -0.39 is 0 Å². The van der Waals surface area contributed by atoms with Gasteiger partial charge in [0.15, 0.2) is 0 Å².